The molecule has 192 valence electrons. The Morgan fingerprint density at radius 2 is 1.89 bits per heavy atom. The molecule has 0 radical (unpaired) electrons. The minimum atomic E-state index is -1.22. The number of hydrogen-bond donors (Lipinski definition) is 4. The van der Waals surface area contributed by atoms with E-state index in [2.05, 4.69) is 38.5 Å². The predicted molar refractivity (Wildman–Crippen MR) is 135 cm³/mol. The SMILES string of the molecule is OC[C@H]1O[C@@H](n2cnc3c(NC4CCCc5c(OCc6ccccc6)cccc54)ncnc32)[C@H](O)[C@@H]1O. The highest BCUT2D eigenvalue weighted by Crippen LogP contribution is 2.38. The van der Waals surface area contributed by atoms with Crippen molar-refractivity contribution in [2.45, 2.75) is 56.5 Å². The lowest BCUT2D eigenvalue weighted by atomic mass is 9.87. The molecule has 2 aromatic heterocycles. The third kappa shape index (κ3) is 4.42. The molecule has 2 aromatic carbocycles. The van der Waals surface area contributed by atoms with E-state index in [0.717, 1.165) is 30.6 Å². The number of nitrogens with one attached hydrogen (secondary N) is 1. The van der Waals surface area contributed by atoms with Crippen molar-refractivity contribution in [3.8, 4) is 5.75 Å². The summed E-state index contributed by atoms with van der Waals surface area (Å²) in [6.07, 6.45) is 1.59. The molecule has 1 unspecified atom stereocenters. The Kier molecular flexibility index (Phi) is 6.47. The van der Waals surface area contributed by atoms with Crippen molar-refractivity contribution in [2.75, 3.05) is 11.9 Å². The van der Waals surface area contributed by atoms with Gasteiger partial charge in [0, 0.05) is 0 Å². The summed E-state index contributed by atoms with van der Waals surface area (Å²) in [4.78, 5) is 13.3. The van der Waals surface area contributed by atoms with E-state index < -0.39 is 31.1 Å². The Labute approximate surface area is 213 Å². The van der Waals surface area contributed by atoms with E-state index in [0.29, 0.717) is 23.6 Å². The van der Waals surface area contributed by atoms with E-state index in [-0.39, 0.29) is 6.04 Å². The first-order chi connectivity index (χ1) is 18.1. The molecule has 10 nitrogen and oxygen atoms in total. The smallest absolute Gasteiger partial charge is 0.167 e. The van der Waals surface area contributed by atoms with Crippen LogP contribution >= 0.6 is 0 Å². The van der Waals surface area contributed by atoms with Gasteiger partial charge in [-0.3, -0.25) is 4.57 Å². The second-order valence-corrected chi connectivity index (χ2v) is 9.46. The standard InChI is InChI=1S/C27H29N5O5/c33-12-21-23(34)24(35)27(37-21)32-15-30-22-25(28-14-29-26(22)32)31-19-10-4-9-18-17(19)8-5-11-20(18)36-13-16-6-2-1-3-7-16/h1-3,5-8,11,14-15,19,21,23-24,27,33-35H,4,9-10,12-13H2,(H,28,29,31)/t19?,21-,23-,24-,27-/m1/s1. The molecule has 1 aliphatic carbocycles. The Hall–Kier alpha value is -3.57. The molecule has 0 amide bonds. The fourth-order valence-electron chi connectivity index (χ4n) is 5.25. The van der Waals surface area contributed by atoms with E-state index in [9.17, 15) is 15.3 Å². The van der Waals surface area contributed by atoms with Gasteiger partial charge >= 0.3 is 0 Å². The van der Waals surface area contributed by atoms with Crippen LogP contribution < -0.4 is 10.1 Å². The number of aliphatic hydroxyl groups excluding tert-OH is 3. The summed E-state index contributed by atoms with van der Waals surface area (Å²) in [5, 5.41) is 33.6. The molecule has 1 saturated heterocycles. The highest BCUT2D eigenvalue weighted by Gasteiger charge is 2.44. The normalized spacial score (nSPS) is 25.2. The Balaban J connectivity index is 1.26. The molecule has 37 heavy (non-hydrogen) atoms. The van der Waals surface area contributed by atoms with Crippen LogP contribution in [0.3, 0.4) is 0 Å². The van der Waals surface area contributed by atoms with Crippen molar-refractivity contribution in [3.05, 3.63) is 77.9 Å². The summed E-state index contributed by atoms with van der Waals surface area (Å²) >= 11 is 0. The summed E-state index contributed by atoms with van der Waals surface area (Å²) in [5.74, 6) is 1.47. The van der Waals surface area contributed by atoms with Gasteiger partial charge in [0.15, 0.2) is 23.2 Å². The number of fused-ring (bicyclic) bond motifs is 2. The zero-order valence-corrected chi connectivity index (χ0v) is 20.1. The number of nitrogens with zero attached hydrogens (tertiary/aromatic N) is 4. The largest absolute Gasteiger partial charge is 0.489 e. The molecule has 4 aromatic rings. The van der Waals surface area contributed by atoms with Crippen LogP contribution in [0, 0.1) is 0 Å². The van der Waals surface area contributed by atoms with Gasteiger partial charge in [-0.05, 0) is 42.0 Å². The van der Waals surface area contributed by atoms with Gasteiger partial charge in [0.2, 0.25) is 0 Å². The Morgan fingerprint density at radius 3 is 2.70 bits per heavy atom. The average Bonchev–Trinajstić information content (AvgIpc) is 3.49. The van der Waals surface area contributed by atoms with Gasteiger partial charge in [-0.15, -0.1) is 0 Å². The quantitative estimate of drug-likeness (QED) is 0.300. The van der Waals surface area contributed by atoms with Crippen LogP contribution in [0.4, 0.5) is 5.82 Å². The highest BCUT2D eigenvalue weighted by atomic mass is 16.6. The first-order valence-corrected chi connectivity index (χ1v) is 12.5. The van der Waals surface area contributed by atoms with Gasteiger partial charge in [0.05, 0.1) is 19.0 Å². The fraction of sp³-hybridized carbons (Fsp3) is 0.370. The molecule has 1 aliphatic heterocycles. The van der Waals surface area contributed by atoms with Gasteiger partial charge in [0.1, 0.15) is 37.0 Å². The van der Waals surface area contributed by atoms with Crippen LogP contribution in [0.15, 0.2) is 61.2 Å². The van der Waals surface area contributed by atoms with E-state index in [1.807, 2.05) is 30.3 Å². The summed E-state index contributed by atoms with van der Waals surface area (Å²) in [5.41, 5.74) is 4.49. The zero-order valence-electron chi connectivity index (χ0n) is 20.1. The minimum absolute atomic E-state index is 0.0150. The molecule has 5 atom stereocenters. The van der Waals surface area contributed by atoms with E-state index >= 15 is 0 Å². The Bertz CT molecular complexity index is 1380. The fourth-order valence-corrected chi connectivity index (χ4v) is 5.25. The maximum atomic E-state index is 10.5. The van der Waals surface area contributed by atoms with Crippen LogP contribution in [-0.4, -0.2) is 59.8 Å². The van der Waals surface area contributed by atoms with Crippen LogP contribution in [0.2, 0.25) is 0 Å². The van der Waals surface area contributed by atoms with Gasteiger partial charge in [-0.2, -0.15) is 0 Å². The number of hydrogen-bond acceptors (Lipinski definition) is 9. The molecule has 0 saturated carbocycles. The van der Waals surface area contributed by atoms with Crippen molar-refractivity contribution >= 4 is 17.0 Å². The van der Waals surface area contributed by atoms with E-state index in [4.69, 9.17) is 9.47 Å². The van der Waals surface area contributed by atoms with Gasteiger partial charge in [-0.25, -0.2) is 15.0 Å². The summed E-state index contributed by atoms with van der Waals surface area (Å²) < 4.78 is 13.4. The second kappa shape index (κ2) is 10.1. The van der Waals surface area contributed by atoms with Crippen molar-refractivity contribution in [3.63, 3.8) is 0 Å². The van der Waals surface area contributed by atoms with Crippen molar-refractivity contribution < 1.29 is 24.8 Å². The van der Waals surface area contributed by atoms with E-state index in [1.165, 1.54) is 23.8 Å². The number of imidazole rings is 1. The van der Waals surface area contributed by atoms with Gasteiger partial charge in [-0.1, -0.05) is 42.5 Å². The molecule has 4 N–H and O–H groups in total. The number of aromatic nitrogens is 4. The minimum Gasteiger partial charge on any atom is -0.489 e. The zero-order chi connectivity index (χ0) is 25.4. The average molecular weight is 504 g/mol. The first kappa shape index (κ1) is 23.8. The van der Waals surface area contributed by atoms with Crippen LogP contribution in [0.25, 0.3) is 11.2 Å². The number of rotatable bonds is 7. The third-order valence-electron chi connectivity index (χ3n) is 7.16. The third-order valence-corrected chi connectivity index (χ3v) is 7.16. The summed E-state index contributed by atoms with van der Waals surface area (Å²) in [6.45, 7) is 0.113. The van der Waals surface area contributed by atoms with Crippen molar-refractivity contribution in [1.29, 1.82) is 0 Å². The molecular weight excluding hydrogens is 474 g/mol. The lowest BCUT2D eigenvalue weighted by Gasteiger charge is -2.28. The molecule has 0 bridgehead atoms. The maximum absolute atomic E-state index is 10.5. The van der Waals surface area contributed by atoms with Crippen LogP contribution in [0.5, 0.6) is 5.75 Å². The number of anilines is 1. The maximum Gasteiger partial charge on any atom is 0.167 e. The lowest BCUT2D eigenvalue weighted by Crippen LogP contribution is -2.33. The van der Waals surface area contributed by atoms with Gasteiger partial charge in [0.25, 0.3) is 0 Å². The number of aliphatic hydroxyl groups is 3. The molecule has 10 heteroatoms. The number of ether oxygens (including phenoxy) is 2. The van der Waals surface area contributed by atoms with Crippen molar-refractivity contribution in [2.24, 2.45) is 0 Å². The summed E-state index contributed by atoms with van der Waals surface area (Å²) in [6, 6.07) is 16.3. The monoisotopic (exact) mass is 503 g/mol. The molecule has 2 aliphatic rings. The van der Waals surface area contributed by atoms with Crippen LogP contribution in [0.1, 0.15) is 41.8 Å². The second-order valence-electron chi connectivity index (χ2n) is 9.46. The molecular formula is C27H29N5O5. The van der Waals surface area contributed by atoms with Crippen LogP contribution in [-0.2, 0) is 17.8 Å². The van der Waals surface area contributed by atoms with Crippen molar-refractivity contribution in [1.82, 2.24) is 19.5 Å². The number of benzene rings is 2. The topological polar surface area (TPSA) is 135 Å². The highest BCUT2D eigenvalue weighted by molar-refractivity contribution is 5.83. The molecule has 3 heterocycles. The lowest BCUT2D eigenvalue weighted by molar-refractivity contribution is -0.0511. The molecule has 1 fully saturated rings. The van der Waals surface area contributed by atoms with E-state index in [1.54, 1.807) is 4.57 Å². The predicted octanol–water partition coefficient (Wildman–Crippen LogP) is 2.51. The van der Waals surface area contributed by atoms with Gasteiger partial charge < -0.3 is 30.1 Å². The first-order valence-electron chi connectivity index (χ1n) is 12.5. The molecule has 0 spiro atoms. The Morgan fingerprint density at radius 1 is 1.03 bits per heavy atom. The molecule has 6 rings (SSSR count). The summed E-state index contributed by atoms with van der Waals surface area (Å²) in [7, 11) is 0.